The molecule has 8 heteroatoms. The molecule has 0 saturated carbocycles. The third kappa shape index (κ3) is 6.02. The highest BCUT2D eigenvalue weighted by atomic mass is 127. The van der Waals surface area contributed by atoms with Gasteiger partial charge in [-0.3, -0.25) is 4.98 Å². The van der Waals surface area contributed by atoms with Crippen molar-refractivity contribution in [2.45, 2.75) is 32.9 Å². The zero-order chi connectivity index (χ0) is 19.2. The molecule has 2 N–H and O–H groups in total. The van der Waals surface area contributed by atoms with Gasteiger partial charge in [0.2, 0.25) is 0 Å². The Morgan fingerprint density at radius 1 is 1.29 bits per heavy atom. The number of aliphatic imine (C=N–C) groups is 1. The van der Waals surface area contributed by atoms with E-state index in [9.17, 15) is 8.78 Å². The number of rotatable bonds is 5. The third-order valence-corrected chi connectivity index (χ3v) is 4.47. The molecular formula is C20H26F2IN5. The van der Waals surface area contributed by atoms with E-state index in [4.69, 9.17) is 0 Å². The normalized spacial score (nSPS) is 16.6. The van der Waals surface area contributed by atoms with Crippen LogP contribution in [0.3, 0.4) is 0 Å². The van der Waals surface area contributed by atoms with E-state index in [1.54, 1.807) is 0 Å². The lowest BCUT2D eigenvalue weighted by atomic mass is 10.2. The molecule has 152 valence electrons. The van der Waals surface area contributed by atoms with Crippen LogP contribution in [0.5, 0.6) is 0 Å². The second-order valence-electron chi connectivity index (χ2n) is 6.64. The zero-order valence-corrected chi connectivity index (χ0v) is 18.4. The van der Waals surface area contributed by atoms with E-state index in [0.717, 1.165) is 30.4 Å². The number of halogens is 3. The van der Waals surface area contributed by atoms with Gasteiger partial charge in [-0.2, -0.15) is 0 Å². The fraction of sp³-hybridized carbons (Fsp3) is 0.400. The summed E-state index contributed by atoms with van der Waals surface area (Å²) in [4.78, 5) is 11.0. The van der Waals surface area contributed by atoms with Crippen molar-refractivity contribution in [2.75, 3.05) is 24.5 Å². The van der Waals surface area contributed by atoms with Crippen LogP contribution in [0.2, 0.25) is 0 Å². The predicted molar refractivity (Wildman–Crippen MR) is 119 cm³/mol. The molecule has 1 atom stereocenters. The summed E-state index contributed by atoms with van der Waals surface area (Å²) in [5.41, 5.74) is 2.31. The molecule has 5 nitrogen and oxygen atoms in total. The summed E-state index contributed by atoms with van der Waals surface area (Å²) < 4.78 is 27.1. The molecule has 0 aliphatic carbocycles. The van der Waals surface area contributed by atoms with E-state index in [0.29, 0.717) is 31.3 Å². The van der Waals surface area contributed by atoms with Crippen molar-refractivity contribution >= 4 is 35.6 Å². The number of aromatic nitrogens is 1. The lowest BCUT2D eigenvalue weighted by Crippen LogP contribution is -2.44. The largest absolute Gasteiger partial charge is 0.367 e. The Morgan fingerprint density at radius 2 is 2.11 bits per heavy atom. The summed E-state index contributed by atoms with van der Waals surface area (Å²) in [7, 11) is 0. The van der Waals surface area contributed by atoms with Gasteiger partial charge in [0.15, 0.2) is 5.96 Å². The average molecular weight is 501 g/mol. The molecular weight excluding hydrogens is 475 g/mol. The van der Waals surface area contributed by atoms with Crippen LogP contribution in [-0.4, -0.2) is 36.6 Å². The number of guanidine groups is 1. The second kappa shape index (κ2) is 10.5. The SMILES string of the molecule is CCNC(=NCc1cccc(C)n1)NC1CCN(c2ccc(F)cc2F)C1.I. The molecule has 0 spiro atoms. The molecule has 1 fully saturated rings. The van der Waals surface area contributed by atoms with Gasteiger partial charge in [-0.1, -0.05) is 6.07 Å². The first kappa shape index (κ1) is 22.3. The molecule has 0 amide bonds. The van der Waals surface area contributed by atoms with Gasteiger partial charge in [0, 0.05) is 37.4 Å². The summed E-state index contributed by atoms with van der Waals surface area (Å²) in [5.74, 6) is -0.370. The molecule has 28 heavy (non-hydrogen) atoms. The maximum absolute atomic E-state index is 14.0. The molecule has 1 aliphatic heterocycles. The first-order chi connectivity index (χ1) is 13.0. The monoisotopic (exact) mass is 501 g/mol. The van der Waals surface area contributed by atoms with E-state index in [2.05, 4.69) is 20.6 Å². The van der Waals surface area contributed by atoms with Gasteiger partial charge in [-0.15, -0.1) is 24.0 Å². The summed E-state index contributed by atoms with van der Waals surface area (Å²) >= 11 is 0. The van der Waals surface area contributed by atoms with Crippen LogP contribution < -0.4 is 15.5 Å². The Balaban J connectivity index is 0.00000280. The maximum Gasteiger partial charge on any atom is 0.191 e. The van der Waals surface area contributed by atoms with Gasteiger partial charge in [-0.05, 0) is 44.5 Å². The molecule has 2 heterocycles. The van der Waals surface area contributed by atoms with Gasteiger partial charge in [0.25, 0.3) is 0 Å². The number of hydrogen-bond acceptors (Lipinski definition) is 3. The highest BCUT2D eigenvalue weighted by molar-refractivity contribution is 14.0. The Labute approximate surface area is 181 Å². The first-order valence-electron chi connectivity index (χ1n) is 9.22. The summed E-state index contributed by atoms with van der Waals surface area (Å²) in [5, 5.41) is 6.64. The number of benzene rings is 1. The van der Waals surface area contributed by atoms with Gasteiger partial charge < -0.3 is 15.5 Å². The molecule has 1 aliphatic rings. The smallest absolute Gasteiger partial charge is 0.191 e. The number of anilines is 1. The zero-order valence-electron chi connectivity index (χ0n) is 16.1. The summed E-state index contributed by atoms with van der Waals surface area (Å²) in [6.45, 7) is 6.54. The van der Waals surface area contributed by atoms with Crippen LogP contribution >= 0.6 is 24.0 Å². The summed E-state index contributed by atoms with van der Waals surface area (Å²) in [6.07, 6.45) is 0.851. The second-order valence-corrected chi connectivity index (χ2v) is 6.64. The van der Waals surface area contributed by atoms with Crippen molar-refractivity contribution in [3.63, 3.8) is 0 Å². The summed E-state index contributed by atoms with van der Waals surface area (Å²) in [6, 6.07) is 9.73. The molecule has 1 aromatic carbocycles. The third-order valence-electron chi connectivity index (χ3n) is 4.47. The minimum Gasteiger partial charge on any atom is -0.367 e. The van der Waals surface area contributed by atoms with Crippen molar-refractivity contribution in [3.05, 3.63) is 59.4 Å². The molecule has 1 aromatic heterocycles. The lowest BCUT2D eigenvalue weighted by Gasteiger charge is -2.21. The van der Waals surface area contributed by atoms with Gasteiger partial charge in [0.1, 0.15) is 11.6 Å². The van der Waals surface area contributed by atoms with E-state index in [1.165, 1.54) is 12.1 Å². The molecule has 0 bridgehead atoms. The molecule has 0 radical (unpaired) electrons. The number of pyridine rings is 1. The van der Waals surface area contributed by atoms with Gasteiger partial charge >= 0.3 is 0 Å². The number of hydrogen-bond donors (Lipinski definition) is 2. The number of nitrogens with zero attached hydrogens (tertiary/aromatic N) is 3. The molecule has 1 unspecified atom stereocenters. The van der Waals surface area contributed by atoms with E-state index < -0.39 is 11.6 Å². The van der Waals surface area contributed by atoms with Crippen molar-refractivity contribution in [3.8, 4) is 0 Å². The Morgan fingerprint density at radius 3 is 2.82 bits per heavy atom. The minimum atomic E-state index is -0.559. The Hall–Kier alpha value is -1.97. The topological polar surface area (TPSA) is 52.6 Å². The standard InChI is InChI=1S/C20H25F2N5.HI/c1-3-23-20(24-12-16-6-4-5-14(2)25-16)26-17-9-10-27(13-17)19-8-7-15(21)11-18(19)22;/h4-8,11,17H,3,9-10,12-13H2,1-2H3,(H2,23,24,26);1H. The number of nitrogens with one attached hydrogen (secondary N) is 2. The van der Waals surface area contributed by atoms with E-state index in [1.807, 2.05) is 36.9 Å². The molecule has 1 saturated heterocycles. The van der Waals surface area contributed by atoms with Crippen LogP contribution in [0.1, 0.15) is 24.7 Å². The molecule has 2 aromatic rings. The van der Waals surface area contributed by atoms with Crippen molar-refractivity contribution in [2.24, 2.45) is 4.99 Å². The Bertz CT molecular complexity index is 815. The van der Waals surface area contributed by atoms with Crippen molar-refractivity contribution in [1.82, 2.24) is 15.6 Å². The van der Waals surface area contributed by atoms with Crippen LogP contribution in [0, 0.1) is 18.6 Å². The van der Waals surface area contributed by atoms with Crippen LogP contribution in [0.4, 0.5) is 14.5 Å². The maximum atomic E-state index is 14.0. The van der Waals surface area contributed by atoms with Crippen LogP contribution in [0.25, 0.3) is 0 Å². The van der Waals surface area contributed by atoms with Crippen LogP contribution in [0.15, 0.2) is 41.4 Å². The highest BCUT2D eigenvalue weighted by Gasteiger charge is 2.25. The molecule has 3 rings (SSSR count). The van der Waals surface area contributed by atoms with E-state index >= 15 is 0 Å². The predicted octanol–water partition coefficient (Wildman–Crippen LogP) is 3.62. The fourth-order valence-corrected chi connectivity index (χ4v) is 3.20. The van der Waals surface area contributed by atoms with E-state index in [-0.39, 0.29) is 30.0 Å². The lowest BCUT2D eigenvalue weighted by molar-refractivity contribution is 0.580. The minimum absolute atomic E-state index is 0. The van der Waals surface area contributed by atoms with Gasteiger partial charge in [-0.25, -0.2) is 13.8 Å². The van der Waals surface area contributed by atoms with Crippen molar-refractivity contribution in [1.29, 1.82) is 0 Å². The Kier molecular flexibility index (Phi) is 8.40. The first-order valence-corrected chi connectivity index (χ1v) is 9.22. The van der Waals surface area contributed by atoms with Crippen molar-refractivity contribution < 1.29 is 8.78 Å². The average Bonchev–Trinajstić information content (AvgIpc) is 3.08. The quantitative estimate of drug-likeness (QED) is 0.374. The van der Waals surface area contributed by atoms with Gasteiger partial charge in [0.05, 0.1) is 17.9 Å². The highest BCUT2D eigenvalue weighted by Crippen LogP contribution is 2.24. The number of aryl methyl sites for hydroxylation is 1. The van der Waals surface area contributed by atoms with Crippen LogP contribution in [-0.2, 0) is 6.54 Å². The fourth-order valence-electron chi connectivity index (χ4n) is 3.20.